The van der Waals surface area contributed by atoms with Crippen molar-refractivity contribution in [1.82, 2.24) is 4.72 Å². The predicted molar refractivity (Wildman–Crippen MR) is 80.6 cm³/mol. The number of hydrogen-bond acceptors (Lipinski definition) is 5. The van der Waals surface area contributed by atoms with Crippen LogP contribution in [0.2, 0.25) is 0 Å². The van der Waals surface area contributed by atoms with Crippen molar-refractivity contribution in [1.29, 1.82) is 0 Å². The summed E-state index contributed by atoms with van der Waals surface area (Å²) in [5.41, 5.74) is 5.84. The lowest BCUT2D eigenvalue weighted by Crippen LogP contribution is -2.40. The minimum atomic E-state index is -3.75. The highest BCUT2D eigenvalue weighted by molar-refractivity contribution is 9.10. The Morgan fingerprint density at radius 2 is 1.85 bits per heavy atom. The normalized spacial score (nSPS) is 19.9. The van der Waals surface area contributed by atoms with Crippen molar-refractivity contribution >= 4 is 41.5 Å². The van der Waals surface area contributed by atoms with Crippen molar-refractivity contribution in [3.63, 3.8) is 0 Å². The summed E-state index contributed by atoms with van der Waals surface area (Å²) in [4.78, 5) is 0.000283. The zero-order valence-electron chi connectivity index (χ0n) is 10.5. The monoisotopic (exact) mass is 382 g/mol. The number of nitrogens with one attached hydrogen (secondary N) is 1. The molecule has 0 unspecified atom stereocenters. The maximum atomic E-state index is 12.3. The second-order valence-corrected chi connectivity index (χ2v) is 9.63. The third kappa shape index (κ3) is 3.72. The lowest BCUT2D eigenvalue weighted by atomic mass is 10.2. The van der Waals surface area contributed by atoms with Crippen LogP contribution in [0.4, 0.5) is 5.69 Å². The molecule has 0 spiro atoms. The summed E-state index contributed by atoms with van der Waals surface area (Å²) in [7, 11) is -6.77. The minimum Gasteiger partial charge on any atom is -0.398 e. The Morgan fingerprint density at radius 3 is 2.45 bits per heavy atom. The topological polar surface area (TPSA) is 106 Å². The van der Waals surface area contributed by atoms with Gasteiger partial charge < -0.3 is 5.73 Å². The van der Waals surface area contributed by atoms with Gasteiger partial charge in [0.05, 0.1) is 17.2 Å². The van der Waals surface area contributed by atoms with Gasteiger partial charge in [-0.1, -0.05) is 15.9 Å². The van der Waals surface area contributed by atoms with Crippen molar-refractivity contribution < 1.29 is 16.8 Å². The second kappa shape index (κ2) is 5.63. The number of halogens is 1. The molecule has 1 heterocycles. The first-order valence-corrected chi connectivity index (χ1v) is 10.1. The number of rotatable bonds is 3. The maximum Gasteiger partial charge on any atom is 0.242 e. The van der Waals surface area contributed by atoms with Crippen molar-refractivity contribution in [2.45, 2.75) is 23.8 Å². The van der Waals surface area contributed by atoms with Gasteiger partial charge in [-0.15, -0.1) is 0 Å². The molecule has 0 aliphatic carbocycles. The minimum absolute atomic E-state index is 0.000283. The van der Waals surface area contributed by atoms with E-state index < -0.39 is 19.9 Å². The summed E-state index contributed by atoms with van der Waals surface area (Å²) in [6, 6.07) is 4.21. The summed E-state index contributed by atoms with van der Waals surface area (Å²) in [5, 5.41) is 0. The van der Waals surface area contributed by atoms with Crippen LogP contribution in [-0.4, -0.2) is 34.4 Å². The number of hydrogen-bond donors (Lipinski definition) is 2. The molecule has 9 heteroatoms. The van der Waals surface area contributed by atoms with Crippen LogP contribution in [0.1, 0.15) is 12.8 Å². The summed E-state index contributed by atoms with van der Waals surface area (Å²) >= 11 is 3.20. The van der Waals surface area contributed by atoms with Crippen molar-refractivity contribution in [3.8, 4) is 0 Å². The van der Waals surface area contributed by atoms with Crippen LogP contribution < -0.4 is 10.5 Å². The van der Waals surface area contributed by atoms with Crippen LogP contribution in [0.25, 0.3) is 0 Å². The molecule has 0 radical (unpaired) electrons. The van der Waals surface area contributed by atoms with Gasteiger partial charge in [-0.05, 0) is 31.0 Å². The Kier molecular flexibility index (Phi) is 4.43. The lowest BCUT2D eigenvalue weighted by Gasteiger charge is -2.23. The predicted octanol–water partition coefficient (Wildman–Crippen LogP) is 0.887. The third-order valence-corrected chi connectivity index (χ3v) is 6.93. The molecule has 3 N–H and O–H groups in total. The molecule has 0 saturated carbocycles. The van der Waals surface area contributed by atoms with Gasteiger partial charge in [0.2, 0.25) is 10.0 Å². The molecular weight excluding hydrogens is 368 g/mol. The van der Waals surface area contributed by atoms with Crippen LogP contribution in [0.15, 0.2) is 27.6 Å². The molecule has 2 rings (SSSR count). The van der Waals surface area contributed by atoms with E-state index in [1.165, 1.54) is 12.1 Å². The molecule has 0 bridgehead atoms. The molecule has 0 aromatic heterocycles. The molecule has 1 aromatic rings. The first-order chi connectivity index (χ1) is 9.20. The Bertz CT molecular complexity index is 702. The van der Waals surface area contributed by atoms with Gasteiger partial charge in [0, 0.05) is 10.5 Å². The molecule has 0 amide bonds. The van der Waals surface area contributed by atoms with E-state index in [1.807, 2.05) is 0 Å². The molecule has 6 nitrogen and oxygen atoms in total. The average molecular weight is 383 g/mol. The Balaban J connectivity index is 2.18. The van der Waals surface area contributed by atoms with Crippen molar-refractivity contribution in [2.24, 2.45) is 0 Å². The van der Waals surface area contributed by atoms with Crippen LogP contribution in [0.3, 0.4) is 0 Å². The zero-order valence-corrected chi connectivity index (χ0v) is 13.8. The van der Waals surface area contributed by atoms with Crippen molar-refractivity contribution in [2.75, 3.05) is 17.2 Å². The lowest BCUT2D eigenvalue weighted by molar-refractivity contribution is 0.505. The zero-order chi connectivity index (χ0) is 15.0. The first kappa shape index (κ1) is 15.7. The number of nitrogen functional groups attached to an aromatic ring is 1. The summed E-state index contributed by atoms with van der Waals surface area (Å²) in [5.74, 6) is 0.0162. The Hall–Kier alpha value is -0.640. The molecule has 1 fully saturated rings. The number of nitrogens with two attached hydrogens (primary N) is 1. The van der Waals surface area contributed by atoms with E-state index in [2.05, 4.69) is 20.7 Å². The number of sulfonamides is 1. The Labute approximate surface area is 126 Å². The average Bonchev–Trinajstić information content (AvgIpc) is 2.35. The number of sulfone groups is 1. The number of benzene rings is 1. The van der Waals surface area contributed by atoms with E-state index in [9.17, 15) is 16.8 Å². The van der Waals surface area contributed by atoms with Crippen molar-refractivity contribution in [3.05, 3.63) is 22.7 Å². The van der Waals surface area contributed by atoms with Crippen LogP contribution in [-0.2, 0) is 19.9 Å². The van der Waals surface area contributed by atoms with Gasteiger partial charge in [-0.3, -0.25) is 0 Å². The van der Waals surface area contributed by atoms with Gasteiger partial charge in [0.15, 0.2) is 0 Å². The van der Waals surface area contributed by atoms with E-state index in [0.29, 0.717) is 4.47 Å². The second-order valence-electron chi connectivity index (χ2n) is 4.73. The molecule has 1 aromatic carbocycles. The van der Waals surface area contributed by atoms with Crippen LogP contribution in [0.5, 0.6) is 0 Å². The molecule has 1 aliphatic rings. The van der Waals surface area contributed by atoms with Gasteiger partial charge in [0.1, 0.15) is 14.7 Å². The van der Waals surface area contributed by atoms with Gasteiger partial charge in [-0.25, -0.2) is 21.6 Å². The van der Waals surface area contributed by atoms with E-state index in [-0.39, 0.29) is 41.0 Å². The highest BCUT2D eigenvalue weighted by Crippen LogP contribution is 2.24. The maximum absolute atomic E-state index is 12.3. The van der Waals surface area contributed by atoms with Gasteiger partial charge in [0.25, 0.3) is 0 Å². The van der Waals surface area contributed by atoms with Gasteiger partial charge in [-0.2, -0.15) is 0 Å². The third-order valence-electron chi connectivity index (χ3n) is 3.14. The molecule has 20 heavy (non-hydrogen) atoms. The molecule has 1 aliphatic heterocycles. The fraction of sp³-hybridized carbons (Fsp3) is 0.455. The van der Waals surface area contributed by atoms with E-state index >= 15 is 0 Å². The standard InChI is InChI=1S/C11H15BrN2O4S2/c12-8-1-2-10(13)11(7-8)20(17,18)14-9-3-5-19(15,16)6-4-9/h1-2,7,9,14H,3-6,13H2. The quantitative estimate of drug-likeness (QED) is 0.754. The fourth-order valence-corrected chi connectivity index (χ4v) is 5.50. The molecule has 0 atom stereocenters. The largest absolute Gasteiger partial charge is 0.398 e. The SMILES string of the molecule is Nc1ccc(Br)cc1S(=O)(=O)NC1CCS(=O)(=O)CC1. The highest BCUT2D eigenvalue weighted by Gasteiger charge is 2.28. The summed E-state index contributed by atoms with van der Waals surface area (Å²) in [6.45, 7) is 0. The van der Waals surface area contributed by atoms with Crippen LogP contribution >= 0.6 is 15.9 Å². The highest BCUT2D eigenvalue weighted by atomic mass is 79.9. The smallest absolute Gasteiger partial charge is 0.242 e. The van der Waals surface area contributed by atoms with Crippen LogP contribution in [0, 0.1) is 0 Å². The first-order valence-electron chi connectivity index (χ1n) is 5.97. The summed E-state index contributed by atoms with van der Waals surface area (Å²) in [6.07, 6.45) is 0.574. The number of anilines is 1. The molecule has 112 valence electrons. The van der Waals surface area contributed by atoms with Gasteiger partial charge >= 0.3 is 0 Å². The fourth-order valence-electron chi connectivity index (χ4n) is 2.03. The molecular formula is C11H15BrN2O4S2. The Morgan fingerprint density at radius 1 is 1.25 bits per heavy atom. The molecule has 1 saturated heterocycles. The van der Waals surface area contributed by atoms with E-state index in [0.717, 1.165) is 0 Å². The van der Waals surface area contributed by atoms with E-state index in [4.69, 9.17) is 5.73 Å². The summed E-state index contributed by atoms with van der Waals surface area (Å²) < 4.78 is 50.3. The van der Waals surface area contributed by atoms with E-state index in [1.54, 1.807) is 6.07 Å².